The summed E-state index contributed by atoms with van der Waals surface area (Å²) < 4.78 is 31.1. The first-order chi connectivity index (χ1) is 11.7. The van der Waals surface area contributed by atoms with Gasteiger partial charge < -0.3 is 15.3 Å². The third kappa shape index (κ3) is 3.68. The molecule has 25 heavy (non-hydrogen) atoms. The van der Waals surface area contributed by atoms with E-state index in [0.29, 0.717) is 21.7 Å². The van der Waals surface area contributed by atoms with Crippen LogP contribution in [0.15, 0.2) is 46.4 Å². The molecule has 7 nitrogen and oxygen atoms in total. The summed E-state index contributed by atoms with van der Waals surface area (Å²) in [5, 5.41) is 14.7. The Hall–Kier alpha value is -2.35. The fraction of sp³-hybridized carbons (Fsp3) is 0.412. The molecule has 0 bridgehead atoms. The lowest BCUT2D eigenvalue weighted by Gasteiger charge is -2.30. The second kappa shape index (κ2) is 7.26. The lowest BCUT2D eigenvalue weighted by molar-refractivity contribution is -0.605. The molecule has 0 spiro atoms. The molecule has 1 aliphatic rings. The number of carbonyl (C=O) groups is 1. The quantitative estimate of drug-likeness (QED) is 0.482. The molecule has 8 heteroatoms. The van der Waals surface area contributed by atoms with Gasteiger partial charge in [0.15, 0.2) is 22.2 Å². The van der Waals surface area contributed by atoms with Gasteiger partial charge in [0.2, 0.25) is 0 Å². The maximum Gasteiger partial charge on any atom is 0.336 e. The van der Waals surface area contributed by atoms with Gasteiger partial charge in [0.1, 0.15) is 0 Å². The number of ether oxygens (including phenoxy) is 1. The molecule has 1 aliphatic heterocycles. The zero-order chi connectivity index (χ0) is 18.8. The Labute approximate surface area is 147 Å². The minimum Gasteiger partial charge on any atom is -0.619 e. The molecule has 1 unspecified atom stereocenters. The maximum absolute atomic E-state index is 12.7. The van der Waals surface area contributed by atoms with Crippen LogP contribution in [-0.2, 0) is 19.4 Å². The number of carbonyl (C=O) groups excluding carboxylic acids is 1. The number of hydrogen-bond acceptors (Lipinski definition) is 6. The number of allylic oxidation sites excluding steroid dienone is 3. The van der Waals surface area contributed by atoms with E-state index in [0.717, 1.165) is 0 Å². The highest BCUT2D eigenvalue weighted by atomic mass is 32.2. The molecule has 1 N–H and O–H groups in total. The average Bonchev–Trinajstić information content (AvgIpc) is 2.53. The Morgan fingerprint density at radius 1 is 1.32 bits per heavy atom. The normalized spacial score (nSPS) is 18.2. The molecule has 1 aromatic rings. The molecule has 2 rings (SSSR count). The van der Waals surface area contributed by atoms with Crippen LogP contribution in [-0.4, -0.2) is 26.7 Å². The zero-order valence-corrected chi connectivity index (χ0v) is 15.5. The van der Waals surface area contributed by atoms with Gasteiger partial charge in [-0.25, -0.2) is 13.2 Å². The monoisotopic (exact) mass is 366 g/mol. The van der Waals surface area contributed by atoms with Gasteiger partial charge in [-0.15, -0.1) is 0 Å². The SMILES string of the molecule is CCOC(=O)C1=C(C)NC(C)=C(S(=O)(=O)CC)C1c1ccc[n+]([O-])c1. The van der Waals surface area contributed by atoms with Gasteiger partial charge in [0.25, 0.3) is 0 Å². The Bertz CT molecular complexity index is 856. The molecule has 0 aliphatic carbocycles. The minimum absolute atomic E-state index is 0.0925. The molecule has 1 aromatic heterocycles. The van der Waals surface area contributed by atoms with Crippen LogP contribution in [0.5, 0.6) is 0 Å². The number of hydrogen-bond donors (Lipinski definition) is 1. The maximum atomic E-state index is 12.7. The van der Waals surface area contributed by atoms with Crippen LogP contribution in [0.4, 0.5) is 0 Å². The van der Waals surface area contributed by atoms with E-state index in [1.165, 1.54) is 18.5 Å². The minimum atomic E-state index is -3.62. The van der Waals surface area contributed by atoms with Crippen LogP contribution in [0.2, 0.25) is 0 Å². The van der Waals surface area contributed by atoms with Gasteiger partial charge in [-0.3, -0.25) is 0 Å². The fourth-order valence-corrected chi connectivity index (χ4v) is 4.42. The highest BCUT2D eigenvalue weighted by Gasteiger charge is 2.40. The Morgan fingerprint density at radius 2 is 2.00 bits per heavy atom. The first-order valence-electron chi connectivity index (χ1n) is 8.00. The average molecular weight is 366 g/mol. The second-order valence-electron chi connectivity index (χ2n) is 5.71. The van der Waals surface area contributed by atoms with Crippen molar-refractivity contribution in [1.29, 1.82) is 0 Å². The molecule has 0 saturated carbocycles. The molecule has 0 radical (unpaired) electrons. The summed E-state index contributed by atoms with van der Waals surface area (Å²) in [6.07, 6.45) is 2.58. The van der Waals surface area contributed by atoms with Crippen LogP contribution < -0.4 is 10.0 Å². The van der Waals surface area contributed by atoms with E-state index in [2.05, 4.69) is 5.32 Å². The van der Waals surface area contributed by atoms with Crippen LogP contribution in [0.3, 0.4) is 0 Å². The summed E-state index contributed by atoms with van der Waals surface area (Å²) in [7, 11) is -3.62. The van der Waals surface area contributed by atoms with Crippen LogP contribution in [0.1, 0.15) is 39.2 Å². The molecular formula is C17H22N2O5S. The molecule has 0 fully saturated rings. The zero-order valence-electron chi connectivity index (χ0n) is 14.7. The van der Waals surface area contributed by atoms with Gasteiger partial charge >= 0.3 is 5.97 Å². The van der Waals surface area contributed by atoms with Crippen molar-refractivity contribution < 1.29 is 22.7 Å². The van der Waals surface area contributed by atoms with E-state index in [9.17, 15) is 18.4 Å². The highest BCUT2D eigenvalue weighted by Crippen LogP contribution is 2.40. The molecule has 1 atom stereocenters. The largest absolute Gasteiger partial charge is 0.619 e. The van der Waals surface area contributed by atoms with E-state index in [4.69, 9.17) is 4.74 Å². The lowest BCUT2D eigenvalue weighted by Crippen LogP contribution is -2.34. The molecule has 0 saturated heterocycles. The number of esters is 1. The molecule has 136 valence electrons. The third-order valence-electron chi connectivity index (χ3n) is 4.04. The Balaban J connectivity index is 2.75. The van der Waals surface area contributed by atoms with Crippen molar-refractivity contribution in [3.8, 4) is 0 Å². The van der Waals surface area contributed by atoms with Crippen molar-refractivity contribution in [2.24, 2.45) is 0 Å². The number of nitrogens with one attached hydrogen (secondary N) is 1. The fourth-order valence-electron chi connectivity index (χ4n) is 2.98. The van der Waals surface area contributed by atoms with Gasteiger partial charge in [-0.1, -0.05) is 6.92 Å². The topological polar surface area (TPSA) is 99.4 Å². The number of rotatable bonds is 5. The molecule has 0 amide bonds. The Morgan fingerprint density at radius 3 is 2.56 bits per heavy atom. The molecular weight excluding hydrogens is 344 g/mol. The van der Waals surface area contributed by atoms with E-state index < -0.39 is 21.7 Å². The number of pyridine rings is 1. The van der Waals surface area contributed by atoms with E-state index >= 15 is 0 Å². The van der Waals surface area contributed by atoms with Gasteiger partial charge in [0, 0.05) is 23.0 Å². The van der Waals surface area contributed by atoms with Crippen molar-refractivity contribution in [2.45, 2.75) is 33.6 Å². The summed E-state index contributed by atoms with van der Waals surface area (Å²) in [4.78, 5) is 12.6. The Kier molecular flexibility index (Phi) is 5.52. The summed E-state index contributed by atoms with van der Waals surface area (Å²) in [6, 6.07) is 3.16. The lowest BCUT2D eigenvalue weighted by atomic mass is 9.87. The van der Waals surface area contributed by atoms with Crippen molar-refractivity contribution in [3.05, 3.63) is 57.2 Å². The van der Waals surface area contributed by atoms with Crippen molar-refractivity contribution in [1.82, 2.24) is 5.32 Å². The smallest absolute Gasteiger partial charge is 0.336 e. The van der Waals surface area contributed by atoms with E-state index in [-0.39, 0.29) is 22.8 Å². The number of nitrogens with zero attached hydrogens (tertiary/aromatic N) is 1. The summed E-state index contributed by atoms with van der Waals surface area (Å²) >= 11 is 0. The third-order valence-corrected chi connectivity index (χ3v) is 6.01. The summed E-state index contributed by atoms with van der Waals surface area (Å²) in [5.74, 6) is -1.60. The number of aromatic nitrogens is 1. The van der Waals surface area contributed by atoms with E-state index in [1.54, 1.807) is 33.8 Å². The number of dihydropyridines is 1. The van der Waals surface area contributed by atoms with Gasteiger partial charge in [-0.2, -0.15) is 4.73 Å². The second-order valence-corrected chi connectivity index (χ2v) is 7.95. The summed E-state index contributed by atoms with van der Waals surface area (Å²) in [5.41, 5.74) is 1.58. The molecule has 2 heterocycles. The van der Waals surface area contributed by atoms with Crippen molar-refractivity contribution >= 4 is 15.8 Å². The van der Waals surface area contributed by atoms with Crippen molar-refractivity contribution in [3.63, 3.8) is 0 Å². The predicted octanol–water partition coefficient (Wildman–Crippen LogP) is 1.51. The van der Waals surface area contributed by atoms with Gasteiger partial charge in [0.05, 0.1) is 28.8 Å². The highest BCUT2D eigenvalue weighted by molar-refractivity contribution is 7.95. The molecule has 0 aromatic carbocycles. The standard InChI is InChI=1S/C17H22N2O5S/c1-5-24-17(20)14-11(3)18-12(4)16(25(22,23)6-2)15(14)13-8-7-9-19(21)10-13/h7-10,15,18H,5-6H2,1-4H3. The predicted molar refractivity (Wildman–Crippen MR) is 92.8 cm³/mol. The first kappa shape index (κ1) is 19.0. The van der Waals surface area contributed by atoms with Crippen LogP contribution in [0, 0.1) is 5.21 Å². The first-order valence-corrected chi connectivity index (χ1v) is 9.65. The number of sulfone groups is 1. The van der Waals surface area contributed by atoms with E-state index in [1.807, 2.05) is 0 Å². The summed E-state index contributed by atoms with van der Waals surface area (Å²) in [6.45, 7) is 6.72. The van der Waals surface area contributed by atoms with Gasteiger partial charge in [-0.05, 0) is 26.8 Å². The van der Waals surface area contributed by atoms with Crippen molar-refractivity contribution in [2.75, 3.05) is 12.4 Å². The van der Waals surface area contributed by atoms with Crippen LogP contribution in [0.25, 0.3) is 0 Å². The van der Waals surface area contributed by atoms with Crippen LogP contribution >= 0.6 is 0 Å².